The van der Waals surface area contributed by atoms with E-state index in [1.807, 2.05) is 0 Å². The van der Waals surface area contributed by atoms with Crippen molar-refractivity contribution in [2.75, 3.05) is 5.73 Å². The first-order valence-electron chi connectivity index (χ1n) is 5.55. The second kappa shape index (κ2) is 4.89. The Morgan fingerprint density at radius 1 is 1.47 bits per heavy atom. The molecule has 0 amide bonds. The highest BCUT2D eigenvalue weighted by Crippen LogP contribution is 2.14. The number of carbonyl (C=O) groups is 1. The van der Waals surface area contributed by atoms with E-state index in [1.54, 1.807) is 13.0 Å². The summed E-state index contributed by atoms with van der Waals surface area (Å²) in [5.74, 6) is 0.0826. The molecule has 1 aromatic heterocycles. The molecule has 7 nitrogen and oxygen atoms in total. The normalized spacial score (nSPS) is 10.4. The van der Waals surface area contributed by atoms with Crippen LogP contribution in [0.5, 0.6) is 0 Å². The van der Waals surface area contributed by atoms with Gasteiger partial charge in [-0.25, -0.2) is 0 Å². The smallest absolute Gasteiger partial charge is 0.270 e. The number of carbonyl (C=O) groups excluding carboxylic acids is 1. The van der Waals surface area contributed by atoms with Crippen molar-refractivity contribution in [2.45, 2.75) is 13.5 Å². The molecular formula is C12H12N4O3. The van der Waals surface area contributed by atoms with E-state index in [9.17, 15) is 14.9 Å². The summed E-state index contributed by atoms with van der Waals surface area (Å²) >= 11 is 0. The molecule has 2 rings (SSSR count). The Balaban J connectivity index is 2.23. The zero-order chi connectivity index (χ0) is 14.0. The van der Waals surface area contributed by atoms with Crippen molar-refractivity contribution < 1.29 is 9.72 Å². The molecule has 0 bridgehead atoms. The zero-order valence-electron chi connectivity index (χ0n) is 10.2. The number of aryl methyl sites for hydroxylation is 1. The van der Waals surface area contributed by atoms with Gasteiger partial charge in [0.15, 0.2) is 5.78 Å². The molecule has 7 heteroatoms. The van der Waals surface area contributed by atoms with Crippen LogP contribution in [-0.4, -0.2) is 20.5 Å². The van der Waals surface area contributed by atoms with Gasteiger partial charge in [0.05, 0.1) is 4.92 Å². The molecule has 19 heavy (non-hydrogen) atoms. The number of nitrogens with zero attached hydrogens (tertiary/aromatic N) is 3. The van der Waals surface area contributed by atoms with E-state index in [4.69, 9.17) is 5.73 Å². The number of benzene rings is 1. The van der Waals surface area contributed by atoms with E-state index in [2.05, 4.69) is 5.10 Å². The zero-order valence-corrected chi connectivity index (χ0v) is 10.2. The van der Waals surface area contributed by atoms with Gasteiger partial charge in [-0.3, -0.25) is 19.6 Å². The fraction of sp³-hybridized carbons (Fsp3) is 0.167. The molecule has 0 spiro atoms. The van der Waals surface area contributed by atoms with E-state index in [0.717, 1.165) is 5.69 Å². The standard InChI is InChI=1S/C12H12N4O3/c1-8-5-12(13)14-15(8)7-11(17)9-3-2-4-10(6-9)16(18)19/h2-6H,7H2,1H3,(H2,13,14). The van der Waals surface area contributed by atoms with Crippen molar-refractivity contribution in [2.24, 2.45) is 0 Å². The average Bonchev–Trinajstić information content (AvgIpc) is 2.68. The highest BCUT2D eigenvalue weighted by Gasteiger charge is 2.13. The lowest BCUT2D eigenvalue weighted by molar-refractivity contribution is -0.384. The number of non-ortho nitro benzene ring substituents is 1. The van der Waals surface area contributed by atoms with Crippen LogP contribution >= 0.6 is 0 Å². The highest BCUT2D eigenvalue weighted by molar-refractivity contribution is 5.96. The van der Waals surface area contributed by atoms with Crippen molar-refractivity contribution in [3.63, 3.8) is 0 Å². The number of anilines is 1. The van der Waals surface area contributed by atoms with Gasteiger partial charge in [-0.05, 0) is 6.92 Å². The van der Waals surface area contributed by atoms with E-state index in [-0.39, 0.29) is 23.6 Å². The number of nitrogens with two attached hydrogens (primary N) is 1. The summed E-state index contributed by atoms with van der Waals surface area (Å²) in [6.07, 6.45) is 0. The first kappa shape index (κ1) is 12.7. The van der Waals surface area contributed by atoms with Crippen molar-refractivity contribution in [3.8, 4) is 0 Å². The maximum atomic E-state index is 12.0. The molecular weight excluding hydrogens is 248 g/mol. The Bertz CT molecular complexity index is 648. The second-order valence-electron chi connectivity index (χ2n) is 4.10. The summed E-state index contributed by atoms with van der Waals surface area (Å²) in [6, 6.07) is 7.27. The molecule has 1 aromatic carbocycles. The predicted molar refractivity (Wildman–Crippen MR) is 68.8 cm³/mol. The summed E-state index contributed by atoms with van der Waals surface area (Å²) in [6.45, 7) is 1.79. The van der Waals surface area contributed by atoms with Gasteiger partial charge in [-0.2, -0.15) is 5.10 Å². The number of hydrogen-bond donors (Lipinski definition) is 1. The monoisotopic (exact) mass is 260 g/mol. The van der Waals surface area contributed by atoms with E-state index >= 15 is 0 Å². The number of nitrogen functional groups attached to an aromatic ring is 1. The van der Waals surface area contributed by atoms with Crippen molar-refractivity contribution in [1.29, 1.82) is 0 Å². The number of Topliss-reactive ketones (excluding diaryl/α,β-unsaturated/α-hetero) is 1. The number of hydrogen-bond acceptors (Lipinski definition) is 5. The number of ketones is 1. The lowest BCUT2D eigenvalue weighted by Crippen LogP contribution is -2.13. The predicted octanol–water partition coefficient (Wildman–Crippen LogP) is 1.56. The van der Waals surface area contributed by atoms with Crippen LogP contribution < -0.4 is 5.73 Å². The first-order chi connectivity index (χ1) is 8.97. The molecule has 0 aliphatic carbocycles. The lowest BCUT2D eigenvalue weighted by Gasteiger charge is -2.03. The largest absolute Gasteiger partial charge is 0.382 e. The van der Waals surface area contributed by atoms with Gasteiger partial charge in [0.2, 0.25) is 0 Å². The van der Waals surface area contributed by atoms with Gasteiger partial charge in [0.1, 0.15) is 12.4 Å². The minimum atomic E-state index is -0.534. The topological polar surface area (TPSA) is 104 Å². The molecule has 1 heterocycles. The summed E-state index contributed by atoms with van der Waals surface area (Å²) in [5.41, 5.74) is 6.46. The summed E-state index contributed by atoms with van der Waals surface area (Å²) < 4.78 is 1.47. The third kappa shape index (κ3) is 2.76. The van der Waals surface area contributed by atoms with Crippen LogP contribution in [-0.2, 0) is 6.54 Å². The minimum absolute atomic E-state index is 0.00417. The van der Waals surface area contributed by atoms with Crippen LogP contribution in [0.1, 0.15) is 16.1 Å². The summed E-state index contributed by atoms with van der Waals surface area (Å²) in [5, 5.41) is 14.6. The Kier molecular flexibility index (Phi) is 3.28. The maximum absolute atomic E-state index is 12.0. The first-order valence-corrected chi connectivity index (χ1v) is 5.55. The van der Waals surface area contributed by atoms with Gasteiger partial charge >= 0.3 is 0 Å². The summed E-state index contributed by atoms with van der Waals surface area (Å²) in [4.78, 5) is 22.1. The van der Waals surface area contributed by atoms with Gasteiger partial charge in [-0.15, -0.1) is 0 Å². The molecule has 2 aromatic rings. The molecule has 0 saturated carbocycles. The Labute approximate surface area is 108 Å². The number of aromatic nitrogens is 2. The van der Waals surface area contributed by atoms with Crippen LogP contribution in [0.3, 0.4) is 0 Å². The van der Waals surface area contributed by atoms with Crippen LogP contribution in [0.4, 0.5) is 11.5 Å². The van der Waals surface area contributed by atoms with Crippen LogP contribution in [0.15, 0.2) is 30.3 Å². The quantitative estimate of drug-likeness (QED) is 0.510. The third-order valence-corrected chi connectivity index (χ3v) is 2.67. The molecule has 2 N–H and O–H groups in total. The molecule has 0 unspecified atom stereocenters. The Morgan fingerprint density at radius 2 is 2.21 bits per heavy atom. The average molecular weight is 260 g/mol. The maximum Gasteiger partial charge on any atom is 0.270 e. The summed E-state index contributed by atoms with van der Waals surface area (Å²) in [7, 11) is 0. The van der Waals surface area contributed by atoms with Gasteiger partial charge in [-0.1, -0.05) is 12.1 Å². The van der Waals surface area contributed by atoms with Gasteiger partial charge in [0.25, 0.3) is 5.69 Å². The van der Waals surface area contributed by atoms with Crippen LogP contribution in [0.2, 0.25) is 0 Å². The second-order valence-corrected chi connectivity index (χ2v) is 4.10. The van der Waals surface area contributed by atoms with E-state index in [1.165, 1.54) is 28.9 Å². The molecule has 0 aliphatic heterocycles. The molecule has 98 valence electrons. The van der Waals surface area contributed by atoms with Gasteiger partial charge in [0, 0.05) is 29.5 Å². The molecule has 0 aliphatic rings. The van der Waals surface area contributed by atoms with Crippen molar-refractivity contribution >= 4 is 17.3 Å². The molecule has 0 atom stereocenters. The number of nitro benzene ring substituents is 1. The molecule has 0 saturated heterocycles. The Hall–Kier alpha value is -2.70. The fourth-order valence-electron chi connectivity index (χ4n) is 1.72. The lowest BCUT2D eigenvalue weighted by atomic mass is 10.1. The number of rotatable bonds is 4. The number of nitro groups is 1. The van der Waals surface area contributed by atoms with E-state index < -0.39 is 4.92 Å². The Morgan fingerprint density at radius 3 is 2.79 bits per heavy atom. The van der Waals surface area contributed by atoms with Crippen LogP contribution in [0, 0.1) is 17.0 Å². The highest BCUT2D eigenvalue weighted by atomic mass is 16.6. The van der Waals surface area contributed by atoms with Crippen molar-refractivity contribution in [3.05, 3.63) is 51.7 Å². The third-order valence-electron chi connectivity index (χ3n) is 2.67. The SMILES string of the molecule is Cc1cc(N)nn1CC(=O)c1cccc([N+](=O)[O-])c1. The van der Waals surface area contributed by atoms with Crippen LogP contribution in [0.25, 0.3) is 0 Å². The minimum Gasteiger partial charge on any atom is -0.382 e. The molecule has 0 radical (unpaired) electrons. The van der Waals surface area contributed by atoms with E-state index in [0.29, 0.717) is 5.82 Å². The fourth-order valence-corrected chi connectivity index (χ4v) is 1.72. The molecule has 0 fully saturated rings. The van der Waals surface area contributed by atoms with Gasteiger partial charge < -0.3 is 5.73 Å². The van der Waals surface area contributed by atoms with Crippen molar-refractivity contribution in [1.82, 2.24) is 9.78 Å².